The standard InChI is InChI=1S/C13H16N4/c1-16-11-5-6-12(16)9-17(8-11)13-4-2-3-10(7-14)15-13/h2-4,11-12H,5-6,8-9H2,1H3. The van der Waals surface area contributed by atoms with E-state index < -0.39 is 0 Å². The molecule has 1 aromatic heterocycles. The van der Waals surface area contributed by atoms with Gasteiger partial charge in [0.15, 0.2) is 0 Å². The Morgan fingerprint density at radius 1 is 1.29 bits per heavy atom. The highest BCUT2D eigenvalue weighted by molar-refractivity contribution is 5.43. The fourth-order valence-electron chi connectivity index (χ4n) is 2.96. The highest BCUT2D eigenvalue weighted by atomic mass is 15.3. The molecule has 4 nitrogen and oxygen atoms in total. The molecule has 3 rings (SSSR count). The molecule has 0 aromatic carbocycles. The minimum Gasteiger partial charge on any atom is -0.353 e. The molecule has 0 radical (unpaired) electrons. The molecule has 0 spiro atoms. The van der Waals surface area contributed by atoms with Gasteiger partial charge in [-0.05, 0) is 32.0 Å². The lowest BCUT2D eigenvalue weighted by Crippen LogP contribution is -2.52. The molecule has 4 heteroatoms. The van der Waals surface area contributed by atoms with E-state index in [9.17, 15) is 0 Å². The van der Waals surface area contributed by atoms with Crippen molar-refractivity contribution >= 4 is 5.82 Å². The lowest BCUT2D eigenvalue weighted by atomic mass is 10.2. The number of fused-ring (bicyclic) bond motifs is 2. The van der Waals surface area contributed by atoms with Gasteiger partial charge in [0.2, 0.25) is 0 Å². The van der Waals surface area contributed by atoms with Crippen LogP contribution >= 0.6 is 0 Å². The highest BCUT2D eigenvalue weighted by Crippen LogP contribution is 2.30. The van der Waals surface area contributed by atoms with E-state index in [1.165, 1.54) is 12.8 Å². The predicted molar refractivity (Wildman–Crippen MR) is 65.7 cm³/mol. The molecule has 2 unspecified atom stereocenters. The van der Waals surface area contributed by atoms with Gasteiger partial charge in [0.25, 0.3) is 0 Å². The number of nitrogens with zero attached hydrogens (tertiary/aromatic N) is 4. The maximum absolute atomic E-state index is 8.88. The van der Waals surface area contributed by atoms with Crippen LogP contribution in [0.25, 0.3) is 0 Å². The lowest BCUT2D eigenvalue weighted by Gasteiger charge is -2.39. The highest BCUT2D eigenvalue weighted by Gasteiger charge is 2.37. The molecule has 2 bridgehead atoms. The summed E-state index contributed by atoms with van der Waals surface area (Å²) >= 11 is 0. The van der Waals surface area contributed by atoms with E-state index in [1.54, 1.807) is 6.07 Å². The Hall–Kier alpha value is -1.60. The Bertz CT molecular complexity index is 451. The first-order valence-electron chi connectivity index (χ1n) is 6.12. The summed E-state index contributed by atoms with van der Waals surface area (Å²) in [5.74, 6) is 0.953. The predicted octanol–water partition coefficient (Wildman–Crippen LogP) is 1.24. The van der Waals surface area contributed by atoms with E-state index in [0.29, 0.717) is 17.8 Å². The largest absolute Gasteiger partial charge is 0.353 e. The minimum atomic E-state index is 0.508. The molecule has 17 heavy (non-hydrogen) atoms. The second-order valence-corrected chi connectivity index (χ2v) is 4.95. The summed E-state index contributed by atoms with van der Waals surface area (Å²) in [6.07, 6.45) is 2.57. The molecule has 88 valence electrons. The quantitative estimate of drug-likeness (QED) is 0.725. The van der Waals surface area contributed by atoms with Crippen molar-refractivity contribution in [1.29, 1.82) is 5.26 Å². The molecule has 0 saturated carbocycles. The number of pyridine rings is 1. The van der Waals surface area contributed by atoms with E-state index in [4.69, 9.17) is 5.26 Å². The van der Waals surface area contributed by atoms with Gasteiger partial charge < -0.3 is 4.90 Å². The summed E-state index contributed by atoms with van der Waals surface area (Å²) in [6.45, 7) is 2.07. The third-order valence-corrected chi connectivity index (χ3v) is 4.02. The Labute approximate surface area is 101 Å². The van der Waals surface area contributed by atoms with E-state index in [0.717, 1.165) is 18.9 Å². The van der Waals surface area contributed by atoms with Gasteiger partial charge in [-0.3, -0.25) is 4.90 Å². The first kappa shape index (κ1) is 10.5. The summed E-state index contributed by atoms with van der Waals surface area (Å²) < 4.78 is 0. The Morgan fingerprint density at radius 2 is 2.00 bits per heavy atom. The van der Waals surface area contributed by atoms with Gasteiger partial charge >= 0.3 is 0 Å². The number of aromatic nitrogens is 1. The van der Waals surface area contributed by atoms with Crippen molar-refractivity contribution in [2.75, 3.05) is 25.0 Å². The minimum absolute atomic E-state index is 0.508. The van der Waals surface area contributed by atoms with Crippen molar-refractivity contribution in [2.24, 2.45) is 0 Å². The molecule has 0 aliphatic carbocycles. The monoisotopic (exact) mass is 228 g/mol. The third kappa shape index (κ3) is 1.77. The zero-order chi connectivity index (χ0) is 11.8. The summed E-state index contributed by atoms with van der Waals surface area (Å²) in [5.41, 5.74) is 0.508. The fraction of sp³-hybridized carbons (Fsp3) is 0.538. The van der Waals surface area contributed by atoms with E-state index >= 15 is 0 Å². The van der Waals surface area contributed by atoms with Crippen LogP contribution in [0.1, 0.15) is 18.5 Å². The molecule has 1 aromatic rings. The maximum atomic E-state index is 8.88. The van der Waals surface area contributed by atoms with Crippen LogP contribution in [-0.2, 0) is 0 Å². The van der Waals surface area contributed by atoms with Crippen LogP contribution in [0.2, 0.25) is 0 Å². The Balaban J connectivity index is 1.84. The number of anilines is 1. The number of rotatable bonds is 1. The van der Waals surface area contributed by atoms with Crippen LogP contribution in [0.15, 0.2) is 18.2 Å². The number of hydrogen-bond donors (Lipinski definition) is 0. The summed E-state index contributed by atoms with van der Waals surface area (Å²) in [7, 11) is 2.22. The van der Waals surface area contributed by atoms with Crippen LogP contribution < -0.4 is 4.90 Å². The van der Waals surface area contributed by atoms with Gasteiger partial charge in [-0.1, -0.05) is 6.07 Å². The van der Waals surface area contributed by atoms with Crippen LogP contribution in [-0.4, -0.2) is 42.1 Å². The smallest absolute Gasteiger partial charge is 0.142 e. The molecule has 0 N–H and O–H groups in total. The summed E-state index contributed by atoms with van der Waals surface area (Å²) in [6, 6.07) is 9.09. The van der Waals surface area contributed by atoms with Gasteiger partial charge in [-0.2, -0.15) is 5.26 Å². The first-order valence-corrected chi connectivity index (χ1v) is 6.12. The first-order chi connectivity index (χ1) is 8.28. The third-order valence-electron chi connectivity index (χ3n) is 4.02. The van der Waals surface area contributed by atoms with Crippen molar-refractivity contribution in [3.05, 3.63) is 23.9 Å². The molecular weight excluding hydrogens is 212 g/mol. The van der Waals surface area contributed by atoms with Crippen molar-refractivity contribution in [1.82, 2.24) is 9.88 Å². The van der Waals surface area contributed by atoms with Crippen LogP contribution in [0, 0.1) is 11.3 Å². The van der Waals surface area contributed by atoms with Gasteiger partial charge in [0.05, 0.1) is 0 Å². The van der Waals surface area contributed by atoms with Gasteiger partial charge in [0.1, 0.15) is 17.6 Å². The van der Waals surface area contributed by atoms with E-state index in [-0.39, 0.29) is 0 Å². The molecule has 2 aliphatic rings. The van der Waals surface area contributed by atoms with E-state index in [1.807, 2.05) is 12.1 Å². The lowest BCUT2D eigenvalue weighted by molar-refractivity contribution is 0.212. The van der Waals surface area contributed by atoms with Crippen molar-refractivity contribution in [3.8, 4) is 6.07 Å². The molecule has 3 heterocycles. The van der Waals surface area contributed by atoms with Crippen LogP contribution in [0.4, 0.5) is 5.82 Å². The van der Waals surface area contributed by atoms with Crippen LogP contribution in [0.5, 0.6) is 0 Å². The molecule has 2 fully saturated rings. The average Bonchev–Trinajstić information content (AvgIpc) is 2.61. The summed E-state index contributed by atoms with van der Waals surface area (Å²) in [4.78, 5) is 9.20. The molecule has 2 atom stereocenters. The van der Waals surface area contributed by atoms with Crippen LogP contribution in [0.3, 0.4) is 0 Å². The molecular formula is C13H16N4. The second kappa shape index (κ2) is 4.01. The molecule has 0 amide bonds. The number of likely N-dealkylation sites (N-methyl/N-ethyl adjacent to an activating group) is 1. The molecule has 2 saturated heterocycles. The topological polar surface area (TPSA) is 43.2 Å². The average molecular weight is 228 g/mol. The Kier molecular flexibility index (Phi) is 2.49. The van der Waals surface area contributed by atoms with Gasteiger partial charge in [0, 0.05) is 25.2 Å². The van der Waals surface area contributed by atoms with Crippen molar-refractivity contribution < 1.29 is 0 Å². The normalized spacial score (nSPS) is 28.1. The van der Waals surface area contributed by atoms with Gasteiger partial charge in [-0.15, -0.1) is 0 Å². The van der Waals surface area contributed by atoms with Crippen molar-refractivity contribution in [3.63, 3.8) is 0 Å². The fourth-order valence-corrected chi connectivity index (χ4v) is 2.96. The second-order valence-electron chi connectivity index (χ2n) is 4.95. The van der Waals surface area contributed by atoms with Gasteiger partial charge in [-0.25, -0.2) is 4.98 Å². The number of hydrogen-bond acceptors (Lipinski definition) is 4. The Morgan fingerprint density at radius 3 is 2.65 bits per heavy atom. The zero-order valence-electron chi connectivity index (χ0n) is 10.0. The van der Waals surface area contributed by atoms with Crippen molar-refractivity contribution in [2.45, 2.75) is 24.9 Å². The number of nitriles is 1. The molecule has 2 aliphatic heterocycles. The maximum Gasteiger partial charge on any atom is 0.142 e. The van der Waals surface area contributed by atoms with E-state index in [2.05, 4.69) is 27.9 Å². The summed E-state index contributed by atoms with van der Waals surface area (Å²) in [5, 5.41) is 8.88. The number of piperazine rings is 1. The SMILES string of the molecule is CN1C2CCC1CN(c1cccc(C#N)n1)C2. The zero-order valence-corrected chi connectivity index (χ0v) is 10.0.